The molecule has 0 aliphatic carbocycles. The van der Waals surface area contributed by atoms with Gasteiger partial charge in [-0.3, -0.25) is 10.00 Å². The smallest absolute Gasteiger partial charge is 0.416 e. The van der Waals surface area contributed by atoms with Gasteiger partial charge in [-0.1, -0.05) is 6.07 Å². The average Bonchev–Trinajstić information content (AvgIpc) is 3.42. The van der Waals surface area contributed by atoms with Gasteiger partial charge in [0.05, 0.1) is 36.1 Å². The van der Waals surface area contributed by atoms with E-state index in [1.54, 1.807) is 0 Å². The largest absolute Gasteiger partial charge is 0.464 e. The van der Waals surface area contributed by atoms with Crippen LogP contribution in [0.2, 0.25) is 0 Å². The van der Waals surface area contributed by atoms with Gasteiger partial charge in [0.2, 0.25) is 0 Å². The van der Waals surface area contributed by atoms with Gasteiger partial charge in [-0.2, -0.15) is 5.10 Å². The summed E-state index contributed by atoms with van der Waals surface area (Å²) in [5, 5.41) is 16.7. The van der Waals surface area contributed by atoms with Crippen LogP contribution < -0.4 is 4.90 Å². The Morgan fingerprint density at radius 2 is 1.97 bits per heavy atom. The molecule has 1 aliphatic heterocycles. The van der Waals surface area contributed by atoms with Crippen molar-refractivity contribution in [1.82, 2.24) is 25.1 Å². The summed E-state index contributed by atoms with van der Waals surface area (Å²) in [4.78, 5) is 23.3. The van der Waals surface area contributed by atoms with E-state index < -0.39 is 11.9 Å². The average molecular weight is 436 g/mol. The Morgan fingerprint density at radius 1 is 1.19 bits per heavy atom. The molecule has 32 heavy (non-hydrogen) atoms. The number of aromatic amines is 2. The highest BCUT2D eigenvalue weighted by atomic mass is 19.1. The normalized spacial score (nSPS) is 14.7. The molecule has 1 aliphatic rings. The lowest BCUT2D eigenvalue weighted by atomic mass is 10.2. The van der Waals surface area contributed by atoms with Gasteiger partial charge >= 0.3 is 6.09 Å². The monoisotopic (exact) mass is 436 g/mol. The van der Waals surface area contributed by atoms with E-state index in [1.807, 2.05) is 18.2 Å². The summed E-state index contributed by atoms with van der Waals surface area (Å²) in [6.45, 7) is 4.11. The van der Waals surface area contributed by atoms with Crippen LogP contribution in [0.4, 0.5) is 20.6 Å². The molecular formula is C22H21FN6O3. The van der Waals surface area contributed by atoms with Crippen molar-refractivity contribution in [3.05, 3.63) is 60.0 Å². The molecule has 2 aromatic heterocycles. The number of rotatable bonds is 5. The summed E-state index contributed by atoms with van der Waals surface area (Å²) < 4.78 is 18.7. The van der Waals surface area contributed by atoms with E-state index >= 15 is 0 Å². The Hall–Kier alpha value is -3.76. The molecule has 10 heteroatoms. The Kier molecular flexibility index (Phi) is 5.29. The minimum atomic E-state index is -1.22. The van der Waals surface area contributed by atoms with E-state index in [2.05, 4.69) is 25.1 Å². The molecule has 164 valence electrons. The quantitative estimate of drug-likeness (QED) is 0.440. The van der Waals surface area contributed by atoms with Crippen molar-refractivity contribution < 1.29 is 19.0 Å². The molecule has 9 nitrogen and oxygen atoms in total. The molecule has 0 unspecified atom stereocenters. The Bertz CT molecular complexity index is 1250. The summed E-state index contributed by atoms with van der Waals surface area (Å²) in [5.41, 5.74) is 3.76. The Labute approximate surface area is 182 Å². The molecule has 4 aromatic rings. The molecule has 3 N–H and O–H groups in total. The maximum absolute atomic E-state index is 13.3. The number of H-pyrrole nitrogens is 2. The van der Waals surface area contributed by atoms with E-state index in [4.69, 9.17) is 4.74 Å². The van der Waals surface area contributed by atoms with Crippen LogP contribution in [0, 0.1) is 5.82 Å². The summed E-state index contributed by atoms with van der Waals surface area (Å²) in [6, 6.07) is 11.2. The van der Waals surface area contributed by atoms with Gasteiger partial charge in [-0.15, -0.1) is 0 Å². The van der Waals surface area contributed by atoms with Crippen LogP contribution in [0.25, 0.3) is 22.6 Å². The van der Waals surface area contributed by atoms with E-state index in [-0.39, 0.29) is 5.69 Å². The van der Waals surface area contributed by atoms with Crippen molar-refractivity contribution >= 4 is 28.5 Å². The highest BCUT2D eigenvalue weighted by Gasteiger charge is 2.24. The van der Waals surface area contributed by atoms with Crippen LogP contribution in [0.3, 0.4) is 0 Å². The number of halogens is 1. The van der Waals surface area contributed by atoms with Gasteiger partial charge in [0, 0.05) is 19.6 Å². The topological polar surface area (TPSA) is 110 Å². The highest BCUT2D eigenvalue weighted by Crippen LogP contribution is 2.33. The van der Waals surface area contributed by atoms with Gasteiger partial charge in [0.25, 0.3) is 0 Å². The first-order valence-electron chi connectivity index (χ1n) is 10.2. The molecule has 0 radical (unpaired) electrons. The third-order valence-electron chi connectivity index (χ3n) is 5.43. The first kappa shape index (κ1) is 20.2. The first-order valence-corrected chi connectivity index (χ1v) is 10.2. The van der Waals surface area contributed by atoms with Crippen molar-refractivity contribution in [3.8, 4) is 11.5 Å². The molecule has 3 heterocycles. The van der Waals surface area contributed by atoms with Crippen LogP contribution >= 0.6 is 0 Å². The predicted octanol–water partition coefficient (Wildman–Crippen LogP) is 3.74. The van der Waals surface area contributed by atoms with Crippen molar-refractivity contribution in [2.75, 3.05) is 31.2 Å². The number of ether oxygens (including phenoxy) is 1. The molecule has 0 saturated carbocycles. The molecule has 0 spiro atoms. The van der Waals surface area contributed by atoms with Crippen molar-refractivity contribution in [1.29, 1.82) is 0 Å². The molecule has 1 saturated heterocycles. The summed E-state index contributed by atoms with van der Waals surface area (Å²) in [6.07, 6.45) is 0.187. The second kappa shape index (κ2) is 8.40. The van der Waals surface area contributed by atoms with Gasteiger partial charge in [0.15, 0.2) is 5.82 Å². The van der Waals surface area contributed by atoms with Crippen LogP contribution in [-0.4, -0.2) is 62.6 Å². The van der Waals surface area contributed by atoms with Crippen LogP contribution in [-0.2, 0) is 11.3 Å². The number of amides is 1. The molecule has 0 atom stereocenters. The zero-order valence-electron chi connectivity index (χ0n) is 17.1. The number of fused-ring (bicyclic) bond motifs is 1. The number of imidazole rings is 1. The Balaban J connectivity index is 1.47. The maximum atomic E-state index is 13.3. The van der Waals surface area contributed by atoms with E-state index in [9.17, 15) is 14.3 Å². The number of nitrogens with one attached hydrogen (secondary N) is 2. The fraction of sp³-hybridized carbons (Fsp3) is 0.227. The molecule has 0 bridgehead atoms. The van der Waals surface area contributed by atoms with Crippen LogP contribution in [0.1, 0.15) is 5.56 Å². The van der Waals surface area contributed by atoms with E-state index in [0.29, 0.717) is 17.2 Å². The number of carbonyl (C=O) groups is 1. The number of benzene rings is 2. The van der Waals surface area contributed by atoms with Crippen LogP contribution in [0.15, 0.2) is 48.7 Å². The van der Waals surface area contributed by atoms with Crippen molar-refractivity contribution in [3.63, 3.8) is 0 Å². The molecule has 1 amide bonds. The first-order chi connectivity index (χ1) is 15.6. The van der Waals surface area contributed by atoms with Crippen LogP contribution in [0.5, 0.6) is 0 Å². The minimum absolute atomic E-state index is 0.289. The summed E-state index contributed by atoms with van der Waals surface area (Å²) in [7, 11) is 0. The van der Waals surface area contributed by atoms with E-state index in [1.165, 1.54) is 30.5 Å². The minimum Gasteiger partial charge on any atom is -0.464 e. The third kappa shape index (κ3) is 3.93. The number of carboxylic acid groups (broad SMARTS) is 1. The lowest BCUT2D eigenvalue weighted by molar-refractivity contribution is 0.0342. The third-order valence-corrected chi connectivity index (χ3v) is 5.43. The number of hydrogen-bond donors (Lipinski definition) is 3. The predicted molar refractivity (Wildman–Crippen MR) is 116 cm³/mol. The summed E-state index contributed by atoms with van der Waals surface area (Å²) in [5.74, 6) is 0.0149. The second-order valence-corrected chi connectivity index (χ2v) is 7.55. The van der Waals surface area contributed by atoms with Gasteiger partial charge in [0.1, 0.15) is 17.2 Å². The van der Waals surface area contributed by atoms with Gasteiger partial charge in [-0.05, 0) is 42.0 Å². The zero-order chi connectivity index (χ0) is 22.1. The lowest BCUT2D eigenvalue weighted by Gasteiger charge is -2.26. The number of anilines is 2. The number of nitrogens with zero attached hydrogens (tertiary/aromatic N) is 4. The SMILES string of the molecule is O=C(O)N(c1ccc(F)cc1)c1cn[nH]c1-c1nc2ccc(CN3CCOCC3)cc2[nH]1. The second-order valence-electron chi connectivity index (χ2n) is 7.55. The fourth-order valence-corrected chi connectivity index (χ4v) is 3.86. The number of hydrogen-bond acceptors (Lipinski definition) is 5. The summed E-state index contributed by atoms with van der Waals surface area (Å²) >= 11 is 0. The lowest BCUT2D eigenvalue weighted by Crippen LogP contribution is -2.35. The van der Waals surface area contributed by atoms with Crippen molar-refractivity contribution in [2.24, 2.45) is 0 Å². The van der Waals surface area contributed by atoms with E-state index in [0.717, 1.165) is 54.3 Å². The maximum Gasteiger partial charge on any atom is 0.416 e. The molecular weight excluding hydrogens is 415 g/mol. The molecule has 2 aromatic carbocycles. The molecule has 1 fully saturated rings. The van der Waals surface area contributed by atoms with Crippen molar-refractivity contribution in [2.45, 2.75) is 6.54 Å². The highest BCUT2D eigenvalue weighted by molar-refractivity contribution is 5.98. The number of aromatic nitrogens is 4. The van der Waals surface area contributed by atoms with Gasteiger partial charge in [-0.25, -0.2) is 19.1 Å². The zero-order valence-corrected chi connectivity index (χ0v) is 17.1. The Morgan fingerprint density at radius 3 is 2.72 bits per heavy atom. The van der Waals surface area contributed by atoms with Gasteiger partial charge < -0.3 is 14.8 Å². The molecule has 5 rings (SSSR count). The standard InChI is InChI=1S/C22H21FN6O3/c23-15-2-4-16(5-3-15)29(22(30)31)19-12-24-27-20(19)21-25-17-6-1-14(11-18(17)26-21)13-28-7-9-32-10-8-28/h1-6,11-12H,7-10,13H2,(H,24,27)(H,25,26)(H,30,31). The fourth-order valence-electron chi connectivity index (χ4n) is 3.86. The number of morpholine rings is 1.